The van der Waals surface area contributed by atoms with Gasteiger partial charge in [0.25, 0.3) is 0 Å². The fraction of sp³-hybridized carbons (Fsp3) is 0.111. The Labute approximate surface area is 84.3 Å². The van der Waals surface area contributed by atoms with Crippen LogP contribution in [0.4, 0.5) is 0 Å². The van der Waals surface area contributed by atoms with Gasteiger partial charge in [0.2, 0.25) is 0 Å². The minimum absolute atomic E-state index is 0.164. The van der Waals surface area contributed by atoms with Gasteiger partial charge in [-0.3, -0.25) is 0 Å². The van der Waals surface area contributed by atoms with Crippen molar-refractivity contribution in [3.8, 4) is 11.5 Å². The van der Waals surface area contributed by atoms with Gasteiger partial charge in [0.05, 0.1) is 16.8 Å². The molecule has 4 heteroatoms. The Kier molecular flexibility index (Phi) is 2.06. The Hall–Kier alpha value is -0.930. The predicted molar refractivity (Wildman–Crippen MR) is 55.1 cm³/mol. The molecular weight excluding hydrogens is 208 g/mol. The molecule has 0 fully saturated rings. The van der Waals surface area contributed by atoms with Crippen LogP contribution in [0.2, 0.25) is 5.02 Å². The maximum atomic E-state index is 9.69. The highest BCUT2D eigenvalue weighted by Crippen LogP contribution is 2.41. The molecule has 0 bridgehead atoms. The van der Waals surface area contributed by atoms with Gasteiger partial charge in [-0.05, 0) is 12.1 Å². The zero-order valence-corrected chi connectivity index (χ0v) is 8.45. The van der Waals surface area contributed by atoms with Crippen LogP contribution >= 0.6 is 22.9 Å². The number of ether oxygens (including phenoxy) is 1. The number of hydrogen-bond acceptors (Lipinski definition) is 3. The van der Waals surface area contributed by atoms with Gasteiger partial charge >= 0.3 is 0 Å². The number of thiophene rings is 1. The number of hydrogen-bond donors (Lipinski definition) is 1. The number of benzene rings is 1. The molecule has 1 N–H and O–H groups in total. The molecule has 1 aromatic carbocycles. The Morgan fingerprint density at radius 2 is 2.23 bits per heavy atom. The largest absolute Gasteiger partial charge is 0.503 e. The predicted octanol–water partition coefficient (Wildman–Crippen LogP) is 3.27. The van der Waals surface area contributed by atoms with Gasteiger partial charge in [0, 0.05) is 10.8 Å². The summed E-state index contributed by atoms with van der Waals surface area (Å²) in [7, 11) is 1.52. The molecule has 0 amide bonds. The van der Waals surface area contributed by atoms with Gasteiger partial charge in [-0.15, -0.1) is 11.3 Å². The summed E-state index contributed by atoms with van der Waals surface area (Å²) in [6.45, 7) is 0. The first-order valence-electron chi connectivity index (χ1n) is 3.66. The molecule has 0 aliphatic heterocycles. The van der Waals surface area contributed by atoms with E-state index in [0.717, 1.165) is 10.1 Å². The Morgan fingerprint density at radius 3 is 2.92 bits per heavy atom. The third kappa shape index (κ3) is 1.24. The quantitative estimate of drug-likeness (QED) is 0.790. The third-order valence-electron chi connectivity index (χ3n) is 1.85. The fourth-order valence-electron chi connectivity index (χ4n) is 1.20. The molecule has 0 radical (unpaired) electrons. The highest BCUT2D eigenvalue weighted by atomic mass is 35.5. The van der Waals surface area contributed by atoms with Crippen LogP contribution < -0.4 is 4.74 Å². The number of halogens is 1. The van der Waals surface area contributed by atoms with Gasteiger partial charge < -0.3 is 9.84 Å². The summed E-state index contributed by atoms with van der Waals surface area (Å²) in [5.41, 5.74) is 0. The lowest BCUT2D eigenvalue weighted by Gasteiger charge is -2.02. The van der Waals surface area contributed by atoms with Crippen molar-refractivity contribution in [3.05, 3.63) is 22.5 Å². The summed E-state index contributed by atoms with van der Waals surface area (Å²) in [4.78, 5) is 0. The molecule has 1 heterocycles. The van der Waals surface area contributed by atoms with Crippen molar-refractivity contribution < 1.29 is 9.84 Å². The molecule has 68 valence electrons. The fourth-order valence-corrected chi connectivity index (χ4v) is 2.41. The van der Waals surface area contributed by atoms with Gasteiger partial charge in [0.15, 0.2) is 11.5 Å². The zero-order chi connectivity index (χ0) is 9.42. The van der Waals surface area contributed by atoms with Crippen molar-refractivity contribution in [3.63, 3.8) is 0 Å². The first-order valence-corrected chi connectivity index (χ1v) is 4.92. The molecule has 2 rings (SSSR count). The second-order valence-corrected chi connectivity index (χ2v) is 3.86. The summed E-state index contributed by atoms with van der Waals surface area (Å²) in [5, 5.41) is 13.0. The first kappa shape index (κ1) is 8.66. The van der Waals surface area contributed by atoms with Crippen molar-refractivity contribution in [1.29, 1.82) is 0 Å². The highest BCUT2D eigenvalue weighted by Gasteiger charge is 2.10. The first-order chi connectivity index (χ1) is 6.24. The Balaban J connectivity index is 2.80. The van der Waals surface area contributed by atoms with Crippen LogP contribution in [0, 0.1) is 0 Å². The Morgan fingerprint density at radius 1 is 1.46 bits per heavy atom. The molecular formula is C9H7ClO2S. The van der Waals surface area contributed by atoms with Crippen molar-refractivity contribution >= 4 is 33.0 Å². The van der Waals surface area contributed by atoms with E-state index >= 15 is 0 Å². The van der Waals surface area contributed by atoms with Crippen LogP contribution in [0.15, 0.2) is 17.5 Å². The zero-order valence-electron chi connectivity index (χ0n) is 6.87. The third-order valence-corrected chi connectivity index (χ3v) is 3.30. The van der Waals surface area contributed by atoms with Gasteiger partial charge in [-0.2, -0.15) is 0 Å². The molecule has 0 aliphatic carbocycles. The maximum absolute atomic E-state index is 9.69. The lowest BCUT2D eigenvalue weighted by Crippen LogP contribution is -1.82. The second-order valence-electron chi connectivity index (χ2n) is 2.58. The molecule has 2 nitrogen and oxygen atoms in total. The van der Waals surface area contributed by atoms with Crippen LogP contribution in [-0.2, 0) is 0 Å². The number of phenolic OH excluding ortho intramolecular Hbond substituents is 1. The molecule has 0 spiro atoms. The molecule has 13 heavy (non-hydrogen) atoms. The molecule has 0 aliphatic rings. The number of fused-ring (bicyclic) bond motifs is 1. The molecule has 0 saturated heterocycles. The Bertz CT molecular complexity index is 450. The van der Waals surface area contributed by atoms with Crippen molar-refractivity contribution in [2.45, 2.75) is 0 Å². The van der Waals surface area contributed by atoms with Crippen LogP contribution in [0.1, 0.15) is 0 Å². The standard InChI is InChI=1S/C9H7ClO2S/c1-12-7-3-2-5-6(10)4-13-9(5)8(7)11/h2-4,11H,1H3. The minimum Gasteiger partial charge on any atom is -0.503 e. The lowest BCUT2D eigenvalue weighted by molar-refractivity contribution is 0.377. The SMILES string of the molecule is COc1ccc2c(Cl)csc2c1O. The minimum atomic E-state index is 0.164. The smallest absolute Gasteiger partial charge is 0.175 e. The van der Waals surface area contributed by atoms with Gasteiger partial charge in [0.1, 0.15) is 0 Å². The van der Waals surface area contributed by atoms with E-state index in [0.29, 0.717) is 10.8 Å². The average molecular weight is 215 g/mol. The van der Waals surface area contributed by atoms with E-state index in [1.54, 1.807) is 11.4 Å². The van der Waals surface area contributed by atoms with Crippen molar-refractivity contribution in [2.24, 2.45) is 0 Å². The lowest BCUT2D eigenvalue weighted by atomic mass is 10.2. The summed E-state index contributed by atoms with van der Waals surface area (Å²) < 4.78 is 5.74. The van der Waals surface area contributed by atoms with Crippen molar-refractivity contribution in [1.82, 2.24) is 0 Å². The van der Waals surface area contributed by atoms with Crippen molar-refractivity contribution in [2.75, 3.05) is 7.11 Å². The normalized spacial score (nSPS) is 10.6. The monoisotopic (exact) mass is 214 g/mol. The van der Waals surface area contributed by atoms with E-state index in [9.17, 15) is 5.11 Å². The number of aromatic hydroxyl groups is 1. The van der Waals surface area contributed by atoms with Gasteiger partial charge in [-0.1, -0.05) is 11.6 Å². The molecule has 1 aromatic heterocycles. The van der Waals surface area contributed by atoms with E-state index < -0.39 is 0 Å². The van der Waals surface area contributed by atoms with E-state index in [1.807, 2.05) is 6.07 Å². The number of rotatable bonds is 1. The number of methoxy groups -OCH3 is 1. The summed E-state index contributed by atoms with van der Waals surface area (Å²) in [6, 6.07) is 3.54. The summed E-state index contributed by atoms with van der Waals surface area (Å²) in [5.74, 6) is 0.642. The highest BCUT2D eigenvalue weighted by molar-refractivity contribution is 7.18. The summed E-state index contributed by atoms with van der Waals surface area (Å²) in [6.07, 6.45) is 0. The molecule has 0 atom stereocenters. The van der Waals surface area contributed by atoms with Crippen LogP contribution in [0.5, 0.6) is 11.5 Å². The average Bonchev–Trinajstić information content (AvgIpc) is 2.50. The van der Waals surface area contributed by atoms with E-state index in [1.165, 1.54) is 18.4 Å². The molecule has 0 unspecified atom stereocenters. The summed E-state index contributed by atoms with van der Waals surface area (Å²) >= 11 is 7.31. The van der Waals surface area contributed by atoms with E-state index in [-0.39, 0.29) is 5.75 Å². The van der Waals surface area contributed by atoms with Crippen LogP contribution in [-0.4, -0.2) is 12.2 Å². The second kappa shape index (κ2) is 3.09. The topological polar surface area (TPSA) is 29.5 Å². The molecule has 2 aromatic rings. The maximum Gasteiger partial charge on any atom is 0.175 e. The van der Waals surface area contributed by atoms with Crippen LogP contribution in [0.25, 0.3) is 10.1 Å². The van der Waals surface area contributed by atoms with Crippen LogP contribution in [0.3, 0.4) is 0 Å². The van der Waals surface area contributed by atoms with E-state index in [2.05, 4.69) is 0 Å². The number of phenols is 1. The van der Waals surface area contributed by atoms with E-state index in [4.69, 9.17) is 16.3 Å². The molecule has 0 saturated carbocycles. The van der Waals surface area contributed by atoms with Gasteiger partial charge in [-0.25, -0.2) is 0 Å².